The first-order valence-electron chi connectivity index (χ1n) is 3.48. The van der Waals surface area contributed by atoms with Gasteiger partial charge in [-0.1, -0.05) is 0 Å². The van der Waals surface area contributed by atoms with E-state index in [0.717, 1.165) is 12.8 Å². The third-order valence-electron chi connectivity index (χ3n) is 1.94. The van der Waals surface area contributed by atoms with Crippen molar-refractivity contribution in [3.8, 4) is 0 Å². The normalized spacial score (nSPS) is 31.7. The van der Waals surface area contributed by atoms with Gasteiger partial charge in [0.15, 0.2) is 0 Å². The summed E-state index contributed by atoms with van der Waals surface area (Å²) in [6.45, 7) is 0. The zero-order valence-electron chi connectivity index (χ0n) is 6.04. The fourth-order valence-electron chi connectivity index (χ4n) is 1.40. The summed E-state index contributed by atoms with van der Waals surface area (Å²) in [5.74, 6) is 0. The van der Waals surface area contributed by atoms with Crippen LogP contribution in [0.3, 0.4) is 0 Å². The van der Waals surface area contributed by atoms with Crippen molar-refractivity contribution in [2.75, 3.05) is 7.11 Å². The van der Waals surface area contributed by atoms with E-state index in [2.05, 4.69) is 22.4 Å². The molecule has 0 aromatic rings. The van der Waals surface area contributed by atoms with Gasteiger partial charge in [-0.3, -0.25) is 0 Å². The van der Waals surface area contributed by atoms with Crippen molar-refractivity contribution >= 4 is 17.4 Å². The molecule has 10 heavy (non-hydrogen) atoms. The Labute approximate surface area is 66.3 Å². The first kappa shape index (κ1) is 7.86. The van der Waals surface area contributed by atoms with Crippen LogP contribution >= 0.6 is 12.2 Å². The summed E-state index contributed by atoms with van der Waals surface area (Å²) in [5.41, 5.74) is 0. The Morgan fingerprint density at radius 2 is 2.40 bits per heavy atom. The van der Waals surface area contributed by atoms with Gasteiger partial charge in [-0.2, -0.15) is 0 Å². The fraction of sp³-hybridized carbons (Fsp3) is 0.857. The molecule has 0 aromatic heterocycles. The van der Waals surface area contributed by atoms with E-state index in [-0.39, 0.29) is 12.1 Å². The van der Waals surface area contributed by atoms with Crippen LogP contribution in [0.25, 0.3) is 0 Å². The minimum absolute atomic E-state index is 0.280. The van der Waals surface area contributed by atoms with Crippen molar-refractivity contribution < 1.29 is 4.74 Å². The van der Waals surface area contributed by atoms with Gasteiger partial charge in [0.1, 0.15) is 0 Å². The largest absolute Gasteiger partial charge is 0.379 e. The van der Waals surface area contributed by atoms with Crippen LogP contribution in [-0.2, 0) is 4.74 Å². The molecule has 1 saturated carbocycles. The third kappa shape index (κ3) is 1.63. The first-order valence-corrected chi connectivity index (χ1v) is 3.89. The number of thiocarbonyl (C=S) groups is 1. The van der Waals surface area contributed by atoms with Crippen LogP contribution in [-0.4, -0.2) is 24.4 Å². The maximum atomic E-state index is 5.20. The number of nitrogens with zero attached hydrogens (tertiary/aromatic N) is 1. The molecule has 0 heterocycles. The molecule has 3 heteroatoms. The molecule has 0 bridgehead atoms. The lowest BCUT2D eigenvalue weighted by atomic mass is 10.2. The fourth-order valence-corrected chi connectivity index (χ4v) is 1.53. The van der Waals surface area contributed by atoms with Gasteiger partial charge < -0.3 is 4.74 Å². The van der Waals surface area contributed by atoms with Crippen LogP contribution in [0.4, 0.5) is 0 Å². The van der Waals surface area contributed by atoms with E-state index >= 15 is 0 Å². The SMILES string of the molecule is COC1CCCC1N=C=S. The second kappa shape index (κ2) is 3.81. The average Bonchev–Trinajstić information content (AvgIpc) is 2.36. The summed E-state index contributed by atoms with van der Waals surface area (Å²) in [7, 11) is 1.72. The highest BCUT2D eigenvalue weighted by Gasteiger charge is 2.25. The molecule has 2 atom stereocenters. The number of ether oxygens (including phenoxy) is 1. The molecule has 0 aromatic carbocycles. The van der Waals surface area contributed by atoms with E-state index in [0.29, 0.717) is 0 Å². The van der Waals surface area contributed by atoms with Crippen LogP contribution in [0.1, 0.15) is 19.3 Å². The zero-order valence-corrected chi connectivity index (χ0v) is 6.86. The van der Waals surface area contributed by atoms with Gasteiger partial charge in [0.2, 0.25) is 0 Å². The molecule has 1 rings (SSSR count). The van der Waals surface area contributed by atoms with Crippen LogP contribution in [0.2, 0.25) is 0 Å². The van der Waals surface area contributed by atoms with Gasteiger partial charge in [-0.05, 0) is 31.5 Å². The molecule has 2 unspecified atom stereocenters. The van der Waals surface area contributed by atoms with E-state index in [9.17, 15) is 0 Å². The molecule has 1 aliphatic rings. The zero-order chi connectivity index (χ0) is 7.40. The Morgan fingerprint density at radius 3 is 3.00 bits per heavy atom. The smallest absolute Gasteiger partial charge is 0.0864 e. The van der Waals surface area contributed by atoms with Crippen molar-refractivity contribution in [2.24, 2.45) is 4.99 Å². The molecule has 0 saturated heterocycles. The third-order valence-corrected chi connectivity index (χ3v) is 2.04. The first-order chi connectivity index (χ1) is 4.88. The molecular formula is C7H11NOS. The molecule has 0 radical (unpaired) electrons. The van der Waals surface area contributed by atoms with Gasteiger partial charge in [-0.15, -0.1) is 0 Å². The molecule has 1 fully saturated rings. The predicted octanol–water partition coefficient (Wildman–Crippen LogP) is 1.66. The summed E-state index contributed by atoms with van der Waals surface area (Å²) in [5, 5.41) is 2.40. The second-order valence-electron chi connectivity index (χ2n) is 2.49. The Balaban J connectivity index is 2.49. The quantitative estimate of drug-likeness (QED) is 0.449. The van der Waals surface area contributed by atoms with E-state index in [1.54, 1.807) is 7.11 Å². The molecule has 0 amide bonds. The highest BCUT2D eigenvalue weighted by Crippen LogP contribution is 2.23. The van der Waals surface area contributed by atoms with Crippen LogP contribution < -0.4 is 0 Å². The van der Waals surface area contributed by atoms with Crippen molar-refractivity contribution in [1.82, 2.24) is 0 Å². The maximum Gasteiger partial charge on any atom is 0.0864 e. The van der Waals surface area contributed by atoms with Crippen molar-refractivity contribution in [3.05, 3.63) is 0 Å². The Morgan fingerprint density at radius 1 is 1.60 bits per heavy atom. The summed E-state index contributed by atoms with van der Waals surface area (Å²) < 4.78 is 5.20. The summed E-state index contributed by atoms with van der Waals surface area (Å²) >= 11 is 4.52. The molecular weight excluding hydrogens is 146 g/mol. The number of isothiocyanates is 1. The van der Waals surface area contributed by atoms with Crippen LogP contribution in [0.15, 0.2) is 4.99 Å². The van der Waals surface area contributed by atoms with Gasteiger partial charge >= 0.3 is 0 Å². The van der Waals surface area contributed by atoms with Crippen LogP contribution in [0, 0.1) is 0 Å². The van der Waals surface area contributed by atoms with E-state index < -0.39 is 0 Å². The number of hydrogen-bond acceptors (Lipinski definition) is 3. The molecule has 0 N–H and O–H groups in total. The lowest BCUT2D eigenvalue weighted by molar-refractivity contribution is 0.0968. The van der Waals surface area contributed by atoms with Crippen molar-refractivity contribution in [3.63, 3.8) is 0 Å². The molecule has 2 nitrogen and oxygen atoms in total. The topological polar surface area (TPSA) is 21.6 Å². The van der Waals surface area contributed by atoms with E-state index in [1.165, 1.54) is 6.42 Å². The highest BCUT2D eigenvalue weighted by molar-refractivity contribution is 7.78. The van der Waals surface area contributed by atoms with Crippen LogP contribution in [0.5, 0.6) is 0 Å². The Hall–Kier alpha value is -0.240. The molecule has 0 spiro atoms. The number of rotatable bonds is 2. The highest BCUT2D eigenvalue weighted by atomic mass is 32.1. The van der Waals surface area contributed by atoms with Gasteiger partial charge in [-0.25, -0.2) is 4.99 Å². The molecule has 0 aliphatic heterocycles. The number of aliphatic imine (C=N–C) groups is 1. The lowest BCUT2D eigenvalue weighted by Gasteiger charge is -2.11. The predicted molar refractivity (Wildman–Crippen MR) is 43.5 cm³/mol. The van der Waals surface area contributed by atoms with Crippen molar-refractivity contribution in [2.45, 2.75) is 31.4 Å². The molecule has 1 aliphatic carbocycles. The number of hydrogen-bond donors (Lipinski definition) is 0. The minimum atomic E-state index is 0.280. The summed E-state index contributed by atoms with van der Waals surface area (Å²) in [4.78, 5) is 4.02. The average molecular weight is 157 g/mol. The van der Waals surface area contributed by atoms with Gasteiger partial charge in [0.25, 0.3) is 0 Å². The second-order valence-corrected chi connectivity index (χ2v) is 2.68. The summed E-state index contributed by atoms with van der Waals surface area (Å²) in [6.07, 6.45) is 3.70. The number of methoxy groups -OCH3 is 1. The Bertz CT molecular complexity index is 154. The Kier molecular flexibility index (Phi) is 3.00. The standard InChI is InChI=1S/C7H11NOS/c1-9-7-4-2-3-6(7)8-5-10/h6-7H,2-4H2,1H3. The van der Waals surface area contributed by atoms with Crippen molar-refractivity contribution in [1.29, 1.82) is 0 Å². The van der Waals surface area contributed by atoms with Gasteiger partial charge in [0.05, 0.1) is 17.3 Å². The summed E-state index contributed by atoms with van der Waals surface area (Å²) in [6, 6.07) is 0.280. The van der Waals surface area contributed by atoms with Gasteiger partial charge in [0, 0.05) is 7.11 Å². The van der Waals surface area contributed by atoms with E-state index in [1.807, 2.05) is 0 Å². The monoisotopic (exact) mass is 157 g/mol. The molecule has 56 valence electrons. The minimum Gasteiger partial charge on any atom is -0.379 e. The van der Waals surface area contributed by atoms with E-state index in [4.69, 9.17) is 4.74 Å². The lowest BCUT2D eigenvalue weighted by Crippen LogP contribution is -2.19. The maximum absolute atomic E-state index is 5.20.